The molecule has 3 heteroatoms. The molecular formula is C17H30N2O. The van der Waals surface area contributed by atoms with E-state index in [4.69, 9.17) is 10.5 Å². The van der Waals surface area contributed by atoms with Gasteiger partial charge >= 0.3 is 0 Å². The number of likely N-dealkylation sites (tertiary alicyclic amines) is 1. The lowest BCUT2D eigenvalue weighted by atomic mass is 9.65. The number of ether oxygens (including phenoxy) is 1. The maximum absolute atomic E-state index is 6.29. The highest BCUT2D eigenvalue weighted by Crippen LogP contribution is 2.52. The maximum Gasteiger partial charge on any atom is 0.0707 e. The van der Waals surface area contributed by atoms with Crippen LogP contribution >= 0.6 is 0 Å². The largest absolute Gasteiger partial charge is 0.372 e. The van der Waals surface area contributed by atoms with Crippen LogP contribution in [0, 0.1) is 5.41 Å². The monoisotopic (exact) mass is 278 g/mol. The molecule has 4 fully saturated rings. The van der Waals surface area contributed by atoms with Gasteiger partial charge in [-0.25, -0.2) is 0 Å². The third-order valence-electron chi connectivity index (χ3n) is 7.00. The lowest BCUT2D eigenvalue weighted by Crippen LogP contribution is -2.61. The van der Waals surface area contributed by atoms with Crippen LogP contribution in [0.25, 0.3) is 0 Å². The Labute approximate surface area is 123 Å². The van der Waals surface area contributed by atoms with Crippen molar-refractivity contribution in [2.45, 2.75) is 82.0 Å². The van der Waals surface area contributed by atoms with Gasteiger partial charge in [0.15, 0.2) is 0 Å². The average molecular weight is 278 g/mol. The van der Waals surface area contributed by atoms with Crippen molar-refractivity contribution in [1.29, 1.82) is 0 Å². The summed E-state index contributed by atoms with van der Waals surface area (Å²) < 4.78 is 6.02. The Morgan fingerprint density at radius 1 is 0.900 bits per heavy atom. The van der Waals surface area contributed by atoms with Crippen molar-refractivity contribution in [3.05, 3.63) is 0 Å². The van der Waals surface area contributed by atoms with E-state index in [1.54, 1.807) is 0 Å². The van der Waals surface area contributed by atoms with Crippen LogP contribution in [-0.2, 0) is 4.74 Å². The number of rotatable bonds is 2. The molecular weight excluding hydrogens is 248 g/mol. The third kappa shape index (κ3) is 2.13. The number of nitrogens with two attached hydrogens (primary N) is 1. The van der Waals surface area contributed by atoms with Crippen molar-refractivity contribution >= 4 is 0 Å². The summed E-state index contributed by atoms with van der Waals surface area (Å²) in [6.07, 6.45) is 15.0. The summed E-state index contributed by atoms with van der Waals surface area (Å²) in [5.41, 5.74) is 7.30. The molecule has 2 aliphatic heterocycles. The molecule has 0 radical (unpaired) electrons. The van der Waals surface area contributed by atoms with Crippen LogP contribution in [0.4, 0.5) is 0 Å². The van der Waals surface area contributed by atoms with E-state index in [2.05, 4.69) is 4.90 Å². The molecule has 0 aromatic heterocycles. The van der Waals surface area contributed by atoms with Crippen LogP contribution in [0.5, 0.6) is 0 Å². The van der Waals surface area contributed by atoms with E-state index in [0.29, 0.717) is 23.2 Å². The predicted molar refractivity (Wildman–Crippen MR) is 80.6 cm³/mol. The Kier molecular flexibility index (Phi) is 3.36. The standard InChI is InChI=1S/C17H30N2O/c18-13-17(19-11-14-3-4-15(12-19)20-14)9-7-16(8-10-17)5-1-2-6-16/h14-15H,1-13,18H2. The molecule has 4 rings (SSSR count). The van der Waals surface area contributed by atoms with Crippen LogP contribution in [0.2, 0.25) is 0 Å². The smallest absolute Gasteiger partial charge is 0.0707 e. The summed E-state index contributed by atoms with van der Waals surface area (Å²) in [6.45, 7) is 3.13. The van der Waals surface area contributed by atoms with Crippen LogP contribution in [-0.4, -0.2) is 42.3 Å². The topological polar surface area (TPSA) is 38.5 Å². The maximum atomic E-state index is 6.29. The molecule has 2 N–H and O–H groups in total. The first-order valence-corrected chi connectivity index (χ1v) is 8.84. The number of nitrogens with zero attached hydrogens (tertiary/aromatic N) is 1. The molecule has 2 atom stereocenters. The van der Waals surface area contributed by atoms with Gasteiger partial charge in [-0.05, 0) is 56.8 Å². The molecule has 0 aromatic rings. The van der Waals surface area contributed by atoms with Gasteiger partial charge in [0.25, 0.3) is 0 Å². The summed E-state index contributed by atoms with van der Waals surface area (Å²) >= 11 is 0. The van der Waals surface area contributed by atoms with Crippen LogP contribution in [0.3, 0.4) is 0 Å². The summed E-state index contributed by atoms with van der Waals surface area (Å²) in [5, 5.41) is 0. The summed E-state index contributed by atoms with van der Waals surface area (Å²) in [7, 11) is 0. The van der Waals surface area contributed by atoms with Gasteiger partial charge in [0.1, 0.15) is 0 Å². The Morgan fingerprint density at radius 2 is 1.50 bits per heavy atom. The van der Waals surface area contributed by atoms with Gasteiger partial charge in [-0.3, -0.25) is 4.90 Å². The fourth-order valence-electron chi connectivity index (χ4n) is 5.52. The SMILES string of the molecule is NCC1(N2CC3CCC(C2)O3)CCC2(CCCC2)CC1. The third-order valence-corrected chi connectivity index (χ3v) is 7.00. The van der Waals surface area contributed by atoms with Crippen molar-refractivity contribution in [2.75, 3.05) is 19.6 Å². The average Bonchev–Trinajstić information content (AvgIpc) is 3.07. The zero-order valence-corrected chi connectivity index (χ0v) is 12.8. The van der Waals surface area contributed by atoms with Crippen LogP contribution in [0.1, 0.15) is 64.2 Å². The van der Waals surface area contributed by atoms with Crippen LogP contribution < -0.4 is 5.73 Å². The normalized spacial score (nSPS) is 39.5. The molecule has 2 heterocycles. The molecule has 4 aliphatic rings. The van der Waals surface area contributed by atoms with Crippen molar-refractivity contribution in [3.8, 4) is 0 Å². The number of fused-ring (bicyclic) bond motifs is 2. The van der Waals surface area contributed by atoms with E-state index < -0.39 is 0 Å². The number of hydrogen-bond acceptors (Lipinski definition) is 3. The minimum Gasteiger partial charge on any atom is -0.372 e. The van der Waals surface area contributed by atoms with E-state index in [0.717, 1.165) is 19.6 Å². The molecule has 2 bridgehead atoms. The van der Waals surface area contributed by atoms with E-state index in [-0.39, 0.29) is 0 Å². The first-order valence-electron chi connectivity index (χ1n) is 8.84. The van der Waals surface area contributed by atoms with E-state index in [1.807, 2.05) is 0 Å². The van der Waals surface area contributed by atoms with Crippen LogP contribution in [0.15, 0.2) is 0 Å². The summed E-state index contributed by atoms with van der Waals surface area (Å²) in [5.74, 6) is 0. The molecule has 1 spiro atoms. The molecule has 114 valence electrons. The first-order chi connectivity index (χ1) is 9.74. The Bertz CT molecular complexity index is 342. The van der Waals surface area contributed by atoms with Crippen molar-refractivity contribution in [1.82, 2.24) is 4.90 Å². The molecule has 0 aromatic carbocycles. The molecule has 2 saturated heterocycles. The Balaban J connectivity index is 1.47. The zero-order valence-electron chi connectivity index (χ0n) is 12.8. The minimum atomic E-state index is 0.304. The van der Waals surface area contributed by atoms with Gasteiger partial charge in [0, 0.05) is 25.2 Å². The lowest BCUT2D eigenvalue weighted by molar-refractivity contribution is -0.0937. The second-order valence-corrected chi connectivity index (χ2v) is 8.00. The quantitative estimate of drug-likeness (QED) is 0.844. The summed E-state index contributed by atoms with van der Waals surface area (Å²) in [4.78, 5) is 2.74. The lowest BCUT2D eigenvalue weighted by Gasteiger charge is -2.52. The van der Waals surface area contributed by atoms with Crippen molar-refractivity contribution < 1.29 is 4.74 Å². The second-order valence-electron chi connectivity index (χ2n) is 8.00. The highest BCUT2D eigenvalue weighted by molar-refractivity contribution is 5.03. The number of hydrogen-bond donors (Lipinski definition) is 1. The molecule has 3 nitrogen and oxygen atoms in total. The van der Waals surface area contributed by atoms with Gasteiger partial charge in [-0.15, -0.1) is 0 Å². The van der Waals surface area contributed by atoms with Gasteiger partial charge in [0.2, 0.25) is 0 Å². The predicted octanol–water partition coefficient (Wildman–Crippen LogP) is 2.68. The zero-order chi connectivity index (χ0) is 13.6. The summed E-state index contributed by atoms with van der Waals surface area (Å²) in [6, 6.07) is 0. The Hall–Kier alpha value is -0.120. The fraction of sp³-hybridized carbons (Fsp3) is 1.00. The second kappa shape index (κ2) is 4.96. The highest BCUT2D eigenvalue weighted by atomic mass is 16.5. The molecule has 2 unspecified atom stereocenters. The first kappa shape index (κ1) is 13.5. The van der Waals surface area contributed by atoms with E-state index in [1.165, 1.54) is 64.2 Å². The van der Waals surface area contributed by atoms with Gasteiger partial charge < -0.3 is 10.5 Å². The number of morpholine rings is 1. The Morgan fingerprint density at radius 3 is 2.05 bits per heavy atom. The molecule has 0 amide bonds. The minimum absolute atomic E-state index is 0.304. The van der Waals surface area contributed by atoms with E-state index >= 15 is 0 Å². The van der Waals surface area contributed by atoms with Crippen molar-refractivity contribution in [3.63, 3.8) is 0 Å². The molecule has 2 aliphatic carbocycles. The molecule has 20 heavy (non-hydrogen) atoms. The van der Waals surface area contributed by atoms with E-state index in [9.17, 15) is 0 Å². The fourth-order valence-corrected chi connectivity index (χ4v) is 5.52. The van der Waals surface area contributed by atoms with Crippen molar-refractivity contribution in [2.24, 2.45) is 11.1 Å². The van der Waals surface area contributed by atoms with Gasteiger partial charge in [-0.2, -0.15) is 0 Å². The molecule has 2 saturated carbocycles. The highest BCUT2D eigenvalue weighted by Gasteiger charge is 2.48. The van der Waals surface area contributed by atoms with Gasteiger partial charge in [-0.1, -0.05) is 12.8 Å². The van der Waals surface area contributed by atoms with Gasteiger partial charge in [0.05, 0.1) is 12.2 Å².